The van der Waals surface area contributed by atoms with Crippen LogP contribution in [0.5, 0.6) is 0 Å². The lowest BCUT2D eigenvalue weighted by Crippen LogP contribution is -2.38. The van der Waals surface area contributed by atoms with E-state index >= 15 is 0 Å². The quantitative estimate of drug-likeness (QED) is 0.128. The molecule has 146 heavy (non-hydrogen) atoms. The van der Waals surface area contributed by atoms with Crippen LogP contribution in [0.25, 0.3) is 288 Å². The summed E-state index contributed by atoms with van der Waals surface area (Å²) in [5.41, 5.74) is 28.2. The van der Waals surface area contributed by atoms with Crippen molar-refractivity contribution in [2.24, 2.45) is 0 Å². The minimum Gasteiger partial charge on any atom is -0.308 e. The first-order valence-electron chi connectivity index (χ1n) is 51.0. The second-order valence-electron chi connectivity index (χ2n) is 42.3. The van der Waals surface area contributed by atoms with E-state index in [0.29, 0.717) is 0 Å². The Morgan fingerprint density at radius 2 is 0.473 bits per heavy atom. The molecular weight excluding hydrogens is 1780 g/mol. The number of benzene rings is 24. The summed E-state index contributed by atoms with van der Waals surface area (Å²) >= 11 is 0. The van der Waals surface area contributed by atoms with Crippen molar-refractivity contribution < 1.29 is 0 Å². The molecular formula is C139H94N6Si. The fourth-order valence-electron chi connectivity index (χ4n) is 26.3. The summed E-state index contributed by atoms with van der Waals surface area (Å²) in [6, 6.07) is 164. The summed E-state index contributed by atoms with van der Waals surface area (Å²) in [6.07, 6.45) is 0. The van der Waals surface area contributed by atoms with Gasteiger partial charge in [-0.05, 0) is 188 Å². The topological polar surface area (TPSA) is 45.8 Å². The second-order valence-corrected chi connectivity index (χ2v) is 47.3. The van der Waals surface area contributed by atoms with E-state index in [1.165, 1.54) is 272 Å². The highest BCUT2D eigenvalue weighted by Gasteiger charge is 2.31. The lowest BCUT2D eigenvalue weighted by molar-refractivity contribution is 0.590. The fourth-order valence-corrected chi connectivity index (χ4v) is 28.4. The predicted molar refractivity (Wildman–Crippen MR) is 630 cm³/mol. The van der Waals surface area contributed by atoms with Crippen molar-refractivity contribution in [1.29, 1.82) is 5.26 Å². The average Bonchev–Trinajstić information content (AvgIpc) is 1.55. The van der Waals surface area contributed by atoms with Gasteiger partial charge in [0.15, 0.2) is 0 Å². The average molecular weight is 1880 g/mol. The molecule has 0 saturated heterocycles. The Balaban J connectivity index is 0.0000000854. The maximum atomic E-state index is 9.93. The van der Waals surface area contributed by atoms with Crippen LogP contribution in [0.15, 0.2) is 443 Å². The zero-order valence-corrected chi connectivity index (χ0v) is 82.8. The highest BCUT2D eigenvalue weighted by Crippen LogP contribution is 2.52. The number of rotatable bonds is 3. The maximum Gasteiger partial charge on any atom is 0.101 e. The number of aromatic nitrogens is 5. The van der Waals surface area contributed by atoms with E-state index in [2.05, 4.69) is 500 Å². The Morgan fingerprint density at radius 3 is 0.884 bits per heavy atom. The number of aryl methyl sites for hydroxylation is 1. The van der Waals surface area contributed by atoms with Gasteiger partial charge in [0.1, 0.15) is 6.07 Å². The molecule has 10 aromatic heterocycles. The number of fused-ring (bicyclic) bond motifs is 38. The summed E-state index contributed by atoms with van der Waals surface area (Å²) in [5.74, 6) is 0. The first-order valence-corrected chi connectivity index (χ1v) is 54.5. The van der Waals surface area contributed by atoms with Gasteiger partial charge in [-0.3, -0.25) is 0 Å². The molecule has 0 atom stereocenters. The zero-order valence-electron chi connectivity index (χ0n) is 81.8. The van der Waals surface area contributed by atoms with Crippen LogP contribution in [0, 0.1) is 18.3 Å². The van der Waals surface area contributed by atoms with E-state index in [-0.39, 0.29) is 5.41 Å². The lowest BCUT2D eigenvalue weighted by Gasteiger charge is -2.21. The van der Waals surface area contributed by atoms with Crippen LogP contribution in [0.4, 0.5) is 0 Å². The van der Waals surface area contributed by atoms with Gasteiger partial charge in [-0.2, -0.15) is 5.26 Å². The molecule has 0 saturated carbocycles. The molecule has 684 valence electrons. The Labute approximate surface area is 840 Å². The Bertz CT molecular complexity index is 11600. The molecule has 34 rings (SSSR count). The molecule has 0 fully saturated rings. The van der Waals surface area contributed by atoms with Gasteiger partial charge in [-0.1, -0.05) is 417 Å². The van der Waals surface area contributed by atoms with Gasteiger partial charge in [0.05, 0.1) is 96.4 Å². The molecule has 24 aromatic carbocycles. The lowest BCUT2D eigenvalue weighted by atomic mass is 9.85. The minimum absolute atomic E-state index is 0.141. The first-order chi connectivity index (χ1) is 71.7. The molecule has 0 spiro atoms. The summed E-state index contributed by atoms with van der Waals surface area (Å²) < 4.78 is 12.2. The van der Waals surface area contributed by atoms with E-state index in [4.69, 9.17) is 0 Å². The summed E-state index contributed by atoms with van der Waals surface area (Å²) in [4.78, 5) is 0. The van der Waals surface area contributed by atoms with Crippen molar-refractivity contribution in [3.05, 3.63) is 460 Å². The highest BCUT2D eigenvalue weighted by molar-refractivity contribution is 6.92. The number of hydrogen-bond donors (Lipinski definition) is 0. The zero-order chi connectivity index (χ0) is 97.1. The smallest absolute Gasteiger partial charge is 0.101 e. The summed E-state index contributed by atoms with van der Waals surface area (Å²) in [7, 11) is -1.56. The van der Waals surface area contributed by atoms with Crippen LogP contribution in [-0.4, -0.2) is 30.1 Å². The normalized spacial score (nSPS) is 12.5. The summed E-state index contributed by atoms with van der Waals surface area (Å²) in [5, 5.41) is 55.8. The molecule has 6 nitrogen and oxygen atoms in total. The van der Waals surface area contributed by atoms with Gasteiger partial charge < -0.3 is 22.0 Å². The SMILES string of the molecule is CC(C)(C)c1ccc(-c2c3ccccc3cc3c2c2cccc4c5ccccc5n3c42)cc1.C[Si](C)(C)c1c2ccccc2cc2c1c1cccc3c4ccccc4n2c31.Cc1c2ccccc2cc2c1c1cccc3c4ccccc4n2c31.N#Cc1c2ccccc2cc2c1c1cccc3c4ccccc4n2c31.c1ccc2c(-c3ccc4c(ccc5ccccc54)c3)c3c4cccc5c6ccccc6n(c3cc2c1)c54. The van der Waals surface area contributed by atoms with Gasteiger partial charge in [0.2, 0.25) is 0 Å². The van der Waals surface area contributed by atoms with Gasteiger partial charge in [-0.15, -0.1) is 0 Å². The van der Waals surface area contributed by atoms with Crippen LogP contribution in [-0.2, 0) is 5.41 Å². The van der Waals surface area contributed by atoms with E-state index in [1.807, 2.05) is 18.2 Å². The maximum absolute atomic E-state index is 9.93. The highest BCUT2D eigenvalue weighted by atomic mass is 28.3. The first kappa shape index (κ1) is 83.6. The molecule has 0 aliphatic carbocycles. The molecule has 0 radical (unpaired) electrons. The third kappa shape index (κ3) is 11.8. The fraction of sp³-hybridized carbons (Fsp3) is 0.0576. The van der Waals surface area contributed by atoms with Crippen molar-refractivity contribution in [1.82, 2.24) is 22.0 Å². The molecule has 0 N–H and O–H groups in total. The van der Waals surface area contributed by atoms with Crippen molar-refractivity contribution in [3.8, 4) is 28.3 Å². The molecule has 0 unspecified atom stereocenters. The Kier molecular flexibility index (Phi) is 17.8. The predicted octanol–water partition coefficient (Wildman–Crippen LogP) is 37.6. The third-order valence-corrected chi connectivity index (χ3v) is 34.4. The van der Waals surface area contributed by atoms with E-state index in [9.17, 15) is 5.26 Å². The van der Waals surface area contributed by atoms with Crippen LogP contribution in [0.2, 0.25) is 19.6 Å². The third-order valence-electron chi connectivity index (χ3n) is 32.4. The van der Waals surface area contributed by atoms with E-state index in [1.54, 1.807) is 5.19 Å². The largest absolute Gasteiger partial charge is 0.308 e. The molecule has 7 heteroatoms. The van der Waals surface area contributed by atoms with E-state index < -0.39 is 8.07 Å². The van der Waals surface area contributed by atoms with Crippen LogP contribution >= 0.6 is 0 Å². The van der Waals surface area contributed by atoms with Crippen LogP contribution in [0.1, 0.15) is 37.5 Å². The van der Waals surface area contributed by atoms with Crippen molar-refractivity contribution in [2.45, 2.75) is 52.8 Å². The molecule has 34 aromatic rings. The van der Waals surface area contributed by atoms with Crippen LogP contribution in [0.3, 0.4) is 0 Å². The van der Waals surface area contributed by atoms with Gasteiger partial charge in [0.25, 0.3) is 0 Å². The number of nitriles is 1. The van der Waals surface area contributed by atoms with Crippen LogP contribution < -0.4 is 5.19 Å². The summed E-state index contributed by atoms with van der Waals surface area (Å²) in [6.45, 7) is 16.5. The monoisotopic (exact) mass is 1870 g/mol. The number of hydrogen-bond acceptors (Lipinski definition) is 1. The molecule has 0 amide bonds. The van der Waals surface area contributed by atoms with Crippen molar-refractivity contribution >= 4 is 279 Å². The minimum atomic E-state index is -1.56. The molecule has 0 aliphatic heterocycles. The molecule has 0 bridgehead atoms. The van der Waals surface area contributed by atoms with E-state index in [0.717, 1.165) is 32.6 Å². The Hall–Kier alpha value is -18.2. The van der Waals surface area contributed by atoms with Gasteiger partial charge >= 0.3 is 0 Å². The van der Waals surface area contributed by atoms with Crippen molar-refractivity contribution in [3.63, 3.8) is 0 Å². The van der Waals surface area contributed by atoms with Gasteiger partial charge in [-0.25, -0.2) is 0 Å². The Morgan fingerprint density at radius 1 is 0.205 bits per heavy atom. The molecule has 10 heterocycles. The van der Waals surface area contributed by atoms with Gasteiger partial charge in [0, 0.05) is 113 Å². The molecule has 0 aliphatic rings. The standard InChI is InChI=1S/C36H21N.C32H25N.C25H21NSi.C23H12N2.C23H15N/c1-3-10-26-22(8-1)16-17-24-20-25(18-19-27(24)26)34-28-11-4-2-9-23(28)21-33-35(34)31-14-7-13-30-29-12-5-6-15-32(29)37(33)36(30)31;1-32(2,3)22-17-15-20(16-18-22)29-23-10-5-4-9-21(23)19-28-30(29)26-13-8-12-25-24-11-6-7-14-27(24)33(28)31(25)26;1-27(2,3)25-17-10-5-4-9-16(17)15-22-23(25)20-13-8-12-19-18-11-6-7-14-21(18)26(22)24(19)20;24-13-19-15-7-2-1-6-14(15)12-21-22(19)18-10-5-9-17-16-8-3-4-11-20(16)25(21)23(17)18;1-14-16-8-3-2-7-15(16)13-21-22(14)19-11-6-10-18-17-9-4-5-12-20(17)24(21)23(18)19/h1-21H;4-19H,1-3H3;4-15H,1-3H3;1-12H;2-13H,1H3. The second kappa shape index (κ2) is 31.2. The van der Waals surface area contributed by atoms with Crippen molar-refractivity contribution in [2.75, 3.05) is 0 Å². The number of nitrogens with zero attached hydrogens (tertiary/aromatic N) is 6. The number of para-hydroxylation sites is 10.